The van der Waals surface area contributed by atoms with Crippen molar-refractivity contribution >= 4 is 0 Å². The van der Waals surface area contributed by atoms with Crippen molar-refractivity contribution in [3.8, 4) is 11.8 Å². The van der Waals surface area contributed by atoms with Gasteiger partial charge in [-0.25, -0.2) is 0 Å². The van der Waals surface area contributed by atoms with E-state index in [1.54, 1.807) is 4.90 Å². The van der Waals surface area contributed by atoms with Gasteiger partial charge < -0.3 is 10.0 Å². The molecule has 1 aliphatic rings. The summed E-state index contributed by atoms with van der Waals surface area (Å²) in [6, 6.07) is 9.83. The van der Waals surface area contributed by atoms with E-state index in [-0.39, 0.29) is 5.92 Å². The van der Waals surface area contributed by atoms with Crippen LogP contribution in [0.3, 0.4) is 0 Å². The summed E-state index contributed by atoms with van der Waals surface area (Å²) in [5.41, 5.74) is -0.134. The summed E-state index contributed by atoms with van der Waals surface area (Å²) >= 11 is 0. The highest BCUT2D eigenvalue weighted by Crippen LogP contribution is 2.28. The average Bonchev–Trinajstić information content (AvgIpc) is 2.76. The van der Waals surface area contributed by atoms with Gasteiger partial charge in [-0.3, -0.25) is 0 Å². The standard InChI is InChI=1S/C19H27NO/c1-17(2)19(21,18-11-6-5-7-12-18)13-10-16-20-14-8-3-4-9-15-20/h5-7,11-12,17,21H,3-4,8-9,14-16H2,1-2H3/p+1/t19-/m1/s1. The molecule has 1 heterocycles. The Balaban J connectivity index is 2.08. The minimum atomic E-state index is -1.04. The Morgan fingerprint density at radius 3 is 2.29 bits per heavy atom. The van der Waals surface area contributed by atoms with Gasteiger partial charge in [0.2, 0.25) is 0 Å². The monoisotopic (exact) mass is 286 g/mol. The van der Waals surface area contributed by atoms with Crippen LogP contribution in [0.2, 0.25) is 0 Å². The van der Waals surface area contributed by atoms with Crippen LogP contribution in [0.1, 0.15) is 45.1 Å². The maximum Gasteiger partial charge on any atom is 0.153 e. The molecule has 2 nitrogen and oxygen atoms in total. The minimum Gasteiger partial charge on any atom is -0.373 e. The van der Waals surface area contributed by atoms with E-state index in [4.69, 9.17) is 0 Å². The zero-order chi connectivity index (χ0) is 15.1. The predicted octanol–water partition coefficient (Wildman–Crippen LogP) is 1.99. The van der Waals surface area contributed by atoms with Gasteiger partial charge in [-0.2, -0.15) is 0 Å². The van der Waals surface area contributed by atoms with Crippen molar-refractivity contribution in [2.24, 2.45) is 5.92 Å². The van der Waals surface area contributed by atoms with Gasteiger partial charge in [0.15, 0.2) is 5.60 Å². The van der Waals surface area contributed by atoms with Gasteiger partial charge in [0.05, 0.1) is 13.1 Å². The lowest BCUT2D eigenvalue weighted by atomic mass is 9.84. The van der Waals surface area contributed by atoms with Crippen LogP contribution in [0.4, 0.5) is 0 Å². The molecule has 0 radical (unpaired) electrons. The molecule has 2 heteroatoms. The summed E-state index contributed by atoms with van der Waals surface area (Å²) < 4.78 is 0. The van der Waals surface area contributed by atoms with Gasteiger partial charge in [-0.1, -0.05) is 50.1 Å². The molecule has 2 N–H and O–H groups in total. The third kappa shape index (κ3) is 4.33. The van der Waals surface area contributed by atoms with Crippen LogP contribution in [0.25, 0.3) is 0 Å². The first-order valence-corrected chi connectivity index (χ1v) is 8.24. The average molecular weight is 286 g/mol. The van der Waals surface area contributed by atoms with Gasteiger partial charge in [0.25, 0.3) is 0 Å². The lowest BCUT2D eigenvalue weighted by Crippen LogP contribution is -3.11. The Labute approximate surface area is 129 Å². The van der Waals surface area contributed by atoms with E-state index in [1.165, 1.54) is 38.8 Å². The van der Waals surface area contributed by atoms with Crippen molar-refractivity contribution in [3.05, 3.63) is 35.9 Å². The Kier molecular flexibility index (Phi) is 5.85. The van der Waals surface area contributed by atoms with Gasteiger partial charge in [-0.05, 0) is 43.1 Å². The maximum absolute atomic E-state index is 11.0. The van der Waals surface area contributed by atoms with Crippen LogP contribution >= 0.6 is 0 Å². The van der Waals surface area contributed by atoms with E-state index in [2.05, 4.69) is 11.8 Å². The van der Waals surface area contributed by atoms with Crippen LogP contribution in [0, 0.1) is 17.8 Å². The molecule has 21 heavy (non-hydrogen) atoms. The molecule has 0 bridgehead atoms. The lowest BCUT2D eigenvalue weighted by molar-refractivity contribution is -0.891. The SMILES string of the molecule is CC(C)[C@](O)(C#CC[NH+]1CCCCCC1)c1ccccc1. The summed E-state index contributed by atoms with van der Waals surface area (Å²) in [5, 5.41) is 11.0. The number of aliphatic hydroxyl groups is 1. The first-order valence-electron chi connectivity index (χ1n) is 8.24. The fraction of sp³-hybridized carbons (Fsp3) is 0.579. The molecule has 1 aliphatic heterocycles. The molecule has 0 aromatic heterocycles. The molecule has 0 aliphatic carbocycles. The summed E-state index contributed by atoms with van der Waals surface area (Å²) in [6.45, 7) is 7.35. The number of benzene rings is 1. The van der Waals surface area contributed by atoms with E-state index in [0.717, 1.165) is 12.1 Å². The molecular weight excluding hydrogens is 258 g/mol. The van der Waals surface area contributed by atoms with Crippen molar-refractivity contribution < 1.29 is 10.0 Å². The van der Waals surface area contributed by atoms with Crippen LogP contribution in [-0.2, 0) is 5.60 Å². The van der Waals surface area contributed by atoms with E-state index >= 15 is 0 Å². The second kappa shape index (κ2) is 7.64. The van der Waals surface area contributed by atoms with Crippen LogP contribution in [0.5, 0.6) is 0 Å². The van der Waals surface area contributed by atoms with Crippen molar-refractivity contribution in [2.75, 3.05) is 19.6 Å². The Hall–Kier alpha value is -1.30. The Morgan fingerprint density at radius 2 is 1.71 bits per heavy atom. The zero-order valence-electron chi connectivity index (χ0n) is 13.4. The quantitative estimate of drug-likeness (QED) is 0.816. The van der Waals surface area contributed by atoms with E-state index < -0.39 is 5.60 Å². The molecule has 1 aromatic rings. The van der Waals surface area contributed by atoms with Gasteiger partial charge in [0, 0.05) is 0 Å². The Bertz CT molecular complexity index is 477. The third-order valence-corrected chi connectivity index (χ3v) is 4.48. The van der Waals surface area contributed by atoms with E-state index in [9.17, 15) is 5.11 Å². The predicted molar refractivity (Wildman–Crippen MR) is 87.0 cm³/mol. The molecule has 1 aromatic carbocycles. The van der Waals surface area contributed by atoms with Gasteiger partial charge >= 0.3 is 0 Å². The zero-order valence-corrected chi connectivity index (χ0v) is 13.4. The van der Waals surface area contributed by atoms with Crippen LogP contribution in [-0.4, -0.2) is 24.7 Å². The molecule has 0 unspecified atom stereocenters. The number of hydrogen-bond acceptors (Lipinski definition) is 1. The normalized spacial score (nSPS) is 19.4. The number of hydrogen-bond donors (Lipinski definition) is 2. The second-order valence-electron chi connectivity index (χ2n) is 6.43. The lowest BCUT2D eigenvalue weighted by Gasteiger charge is -2.27. The van der Waals surface area contributed by atoms with Crippen LogP contribution in [0.15, 0.2) is 30.3 Å². The highest BCUT2D eigenvalue weighted by molar-refractivity contribution is 5.32. The molecule has 0 spiro atoms. The van der Waals surface area contributed by atoms with Crippen molar-refractivity contribution in [1.82, 2.24) is 0 Å². The van der Waals surface area contributed by atoms with Gasteiger partial charge in [0.1, 0.15) is 6.54 Å². The number of likely N-dealkylation sites (tertiary alicyclic amines) is 1. The maximum atomic E-state index is 11.0. The molecular formula is C19H28NO+. The first kappa shape index (κ1) is 16.1. The topological polar surface area (TPSA) is 24.7 Å². The van der Waals surface area contributed by atoms with E-state index in [1.807, 2.05) is 44.2 Å². The molecule has 1 fully saturated rings. The number of quaternary nitrogens is 1. The third-order valence-electron chi connectivity index (χ3n) is 4.48. The number of rotatable bonds is 3. The molecule has 0 saturated carbocycles. The largest absolute Gasteiger partial charge is 0.373 e. The summed E-state index contributed by atoms with van der Waals surface area (Å²) in [6.07, 6.45) is 5.34. The van der Waals surface area contributed by atoms with Crippen molar-refractivity contribution in [2.45, 2.75) is 45.1 Å². The number of nitrogens with one attached hydrogen (secondary N) is 1. The van der Waals surface area contributed by atoms with E-state index in [0.29, 0.717) is 0 Å². The fourth-order valence-electron chi connectivity index (χ4n) is 2.95. The summed E-state index contributed by atoms with van der Waals surface area (Å²) in [4.78, 5) is 1.57. The van der Waals surface area contributed by atoms with Gasteiger partial charge in [-0.15, -0.1) is 0 Å². The highest BCUT2D eigenvalue weighted by atomic mass is 16.3. The molecule has 1 atom stereocenters. The molecule has 114 valence electrons. The van der Waals surface area contributed by atoms with Crippen molar-refractivity contribution in [1.29, 1.82) is 0 Å². The summed E-state index contributed by atoms with van der Waals surface area (Å²) in [7, 11) is 0. The minimum absolute atomic E-state index is 0.0755. The first-order chi connectivity index (χ1) is 10.1. The summed E-state index contributed by atoms with van der Waals surface area (Å²) in [5.74, 6) is 6.51. The molecule has 0 amide bonds. The fourth-order valence-corrected chi connectivity index (χ4v) is 2.95. The molecule has 2 rings (SSSR count). The molecule has 1 saturated heterocycles. The van der Waals surface area contributed by atoms with Crippen LogP contribution < -0.4 is 4.90 Å². The van der Waals surface area contributed by atoms with Crippen molar-refractivity contribution in [3.63, 3.8) is 0 Å². The highest BCUT2D eigenvalue weighted by Gasteiger charge is 2.30. The smallest absolute Gasteiger partial charge is 0.153 e. The Morgan fingerprint density at radius 1 is 1.10 bits per heavy atom. The second-order valence-corrected chi connectivity index (χ2v) is 6.43.